The fourth-order valence-electron chi connectivity index (χ4n) is 4.56. The van der Waals surface area contributed by atoms with Gasteiger partial charge in [-0.15, -0.1) is 11.3 Å². The number of rotatable bonds is 10. The summed E-state index contributed by atoms with van der Waals surface area (Å²) < 4.78 is 43.5. The van der Waals surface area contributed by atoms with E-state index in [1.54, 1.807) is 30.9 Å². The van der Waals surface area contributed by atoms with Crippen molar-refractivity contribution < 1.29 is 37.0 Å². The Labute approximate surface area is 239 Å². The molecule has 0 fully saturated rings. The zero-order chi connectivity index (χ0) is 29.0. The molecule has 2 heterocycles. The summed E-state index contributed by atoms with van der Waals surface area (Å²) in [7, 11) is 0.204. The standard InChI is InChI=1S/C26H31N3O8S3/c1-15-5-7-17-19(11-15)38-24(23(17)25(32)37-4)27-21(30)13-40(33,34)14-22(31)28-26-29(9-10-35-2)18-8-6-16(36-3)12-20(18)39-26/h6,8,12,15H,5,7,9-11,13-14H2,1-4H3,(H,27,30). The zero-order valence-electron chi connectivity index (χ0n) is 22.6. The van der Waals surface area contributed by atoms with Crippen LogP contribution in [0.1, 0.15) is 34.1 Å². The monoisotopic (exact) mass is 609 g/mol. The zero-order valence-corrected chi connectivity index (χ0v) is 25.1. The maximum absolute atomic E-state index is 12.8. The van der Waals surface area contributed by atoms with Gasteiger partial charge in [-0.25, -0.2) is 13.2 Å². The highest BCUT2D eigenvalue weighted by molar-refractivity contribution is 7.92. The Morgan fingerprint density at radius 2 is 1.93 bits per heavy atom. The van der Waals surface area contributed by atoms with Crippen molar-refractivity contribution in [2.75, 3.05) is 44.8 Å². The molecule has 0 saturated heterocycles. The van der Waals surface area contributed by atoms with Crippen molar-refractivity contribution in [2.45, 2.75) is 32.7 Å². The van der Waals surface area contributed by atoms with E-state index in [2.05, 4.69) is 17.2 Å². The maximum Gasteiger partial charge on any atom is 0.341 e. The summed E-state index contributed by atoms with van der Waals surface area (Å²) in [6.45, 7) is 2.87. The van der Waals surface area contributed by atoms with Crippen LogP contribution < -0.4 is 14.9 Å². The van der Waals surface area contributed by atoms with Crippen LogP contribution in [0.3, 0.4) is 0 Å². The second-order valence-electron chi connectivity index (χ2n) is 9.50. The maximum atomic E-state index is 12.8. The molecule has 0 saturated carbocycles. The van der Waals surface area contributed by atoms with Gasteiger partial charge in [0.25, 0.3) is 5.91 Å². The molecule has 216 valence electrons. The average Bonchev–Trinajstić information content (AvgIpc) is 3.41. The molecule has 0 spiro atoms. The van der Waals surface area contributed by atoms with Gasteiger partial charge in [0.1, 0.15) is 22.3 Å². The highest BCUT2D eigenvalue weighted by Gasteiger charge is 2.30. The number of anilines is 1. The first-order valence-electron chi connectivity index (χ1n) is 12.5. The lowest BCUT2D eigenvalue weighted by Crippen LogP contribution is -2.28. The molecule has 1 aliphatic carbocycles. The molecule has 2 aromatic heterocycles. The van der Waals surface area contributed by atoms with Crippen LogP contribution >= 0.6 is 22.7 Å². The Bertz CT molecular complexity index is 1620. The summed E-state index contributed by atoms with van der Waals surface area (Å²) in [5.41, 5.74) is 1.91. The van der Waals surface area contributed by atoms with E-state index in [0.717, 1.165) is 33.5 Å². The van der Waals surface area contributed by atoms with Crippen molar-refractivity contribution >= 4 is 65.5 Å². The molecule has 1 unspecified atom stereocenters. The van der Waals surface area contributed by atoms with E-state index >= 15 is 0 Å². The number of thiazole rings is 1. The SMILES string of the molecule is COCCn1c(=NC(=O)CS(=O)(=O)CC(=O)Nc2sc3c(c2C(=O)OC)CCC(C)C3)sc2cc(OC)ccc21. The van der Waals surface area contributed by atoms with Crippen LogP contribution in [-0.4, -0.2) is 70.2 Å². The van der Waals surface area contributed by atoms with Crippen molar-refractivity contribution in [3.05, 3.63) is 39.0 Å². The van der Waals surface area contributed by atoms with Gasteiger partial charge in [0.15, 0.2) is 14.6 Å². The minimum atomic E-state index is -4.16. The summed E-state index contributed by atoms with van der Waals surface area (Å²) in [4.78, 5) is 43.3. The third-order valence-electron chi connectivity index (χ3n) is 6.48. The number of carbonyl (C=O) groups excluding carboxylic acids is 3. The van der Waals surface area contributed by atoms with Crippen molar-refractivity contribution in [1.82, 2.24) is 4.57 Å². The number of amides is 2. The molecule has 1 N–H and O–H groups in total. The van der Waals surface area contributed by atoms with E-state index in [1.165, 1.54) is 29.8 Å². The molecule has 1 atom stereocenters. The van der Waals surface area contributed by atoms with E-state index in [0.29, 0.717) is 36.0 Å². The normalized spacial score (nSPS) is 15.6. The first-order valence-corrected chi connectivity index (χ1v) is 16.0. The van der Waals surface area contributed by atoms with Gasteiger partial charge in [-0.3, -0.25) is 9.59 Å². The third kappa shape index (κ3) is 6.79. The minimum Gasteiger partial charge on any atom is -0.497 e. The number of benzene rings is 1. The van der Waals surface area contributed by atoms with Crippen LogP contribution in [0.2, 0.25) is 0 Å². The van der Waals surface area contributed by atoms with Gasteiger partial charge in [0, 0.05) is 18.5 Å². The number of carbonyl (C=O) groups is 3. The summed E-state index contributed by atoms with van der Waals surface area (Å²) >= 11 is 2.48. The first kappa shape index (κ1) is 29.9. The number of ether oxygens (including phenoxy) is 3. The number of sulfone groups is 1. The molecule has 0 aliphatic heterocycles. The number of esters is 1. The van der Waals surface area contributed by atoms with E-state index in [4.69, 9.17) is 14.2 Å². The van der Waals surface area contributed by atoms with Gasteiger partial charge in [0.05, 0.1) is 36.6 Å². The Morgan fingerprint density at radius 3 is 2.62 bits per heavy atom. The largest absolute Gasteiger partial charge is 0.497 e. The highest BCUT2D eigenvalue weighted by Crippen LogP contribution is 2.40. The van der Waals surface area contributed by atoms with Crippen molar-refractivity contribution in [1.29, 1.82) is 0 Å². The number of nitrogens with one attached hydrogen (secondary N) is 1. The molecule has 40 heavy (non-hydrogen) atoms. The van der Waals surface area contributed by atoms with E-state index in [-0.39, 0.29) is 10.6 Å². The second-order valence-corrected chi connectivity index (χ2v) is 13.7. The van der Waals surface area contributed by atoms with E-state index < -0.39 is 39.1 Å². The number of nitrogens with zero attached hydrogens (tertiary/aromatic N) is 2. The smallest absolute Gasteiger partial charge is 0.341 e. The van der Waals surface area contributed by atoms with Gasteiger partial charge in [-0.2, -0.15) is 4.99 Å². The number of aromatic nitrogens is 1. The van der Waals surface area contributed by atoms with Gasteiger partial charge in [0.2, 0.25) is 5.91 Å². The van der Waals surface area contributed by atoms with Crippen LogP contribution in [-0.2, 0) is 48.3 Å². The van der Waals surface area contributed by atoms with Gasteiger partial charge < -0.3 is 24.1 Å². The predicted octanol–water partition coefficient (Wildman–Crippen LogP) is 2.81. The summed E-state index contributed by atoms with van der Waals surface area (Å²) in [6.07, 6.45) is 2.35. The van der Waals surface area contributed by atoms with Crippen LogP contribution in [0.4, 0.5) is 5.00 Å². The number of thiophene rings is 1. The van der Waals surface area contributed by atoms with Gasteiger partial charge >= 0.3 is 5.97 Å². The average molecular weight is 610 g/mol. The molecule has 3 aromatic rings. The lowest BCUT2D eigenvalue weighted by atomic mass is 9.88. The molecule has 2 amide bonds. The molecular weight excluding hydrogens is 579 g/mol. The first-order chi connectivity index (χ1) is 19.0. The Balaban J connectivity index is 1.52. The lowest BCUT2D eigenvalue weighted by molar-refractivity contribution is -0.115. The van der Waals surface area contributed by atoms with Gasteiger partial charge in [-0.05, 0) is 48.9 Å². The lowest BCUT2D eigenvalue weighted by Gasteiger charge is -2.18. The molecule has 14 heteroatoms. The Morgan fingerprint density at radius 1 is 1.15 bits per heavy atom. The van der Waals surface area contributed by atoms with Crippen LogP contribution in [0.25, 0.3) is 10.2 Å². The molecular formula is C26H31N3O8S3. The quantitative estimate of drug-likeness (QED) is 0.346. The number of hydrogen-bond donors (Lipinski definition) is 1. The van der Waals surface area contributed by atoms with Crippen molar-refractivity contribution in [2.24, 2.45) is 10.9 Å². The summed E-state index contributed by atoms with van der Waals surface area (Å²) in [5.74, 6) is -3.11. The van der Waals surface area contributed by atoms with E-state index in [9.17, 15) is 22.8 Å². The fraction of sp³-hybridized carbons (Fsp3) is 0.462. The van der Waals surface area contributed by atoms with Crippen LogP contribution in [0.5, 0.6) is 5.75 Å². The number of fused-ring (bicyclic) bond motifs is 2. The highest BCUT2D eigenvalue weighted by atomic mass is 32.2. The number of methoxy groups -OCH3 is 3. The second kappa shape index (κ2) is 12.6. The van der Waals surface area contributed by atoms with Crippen molar-refractivity contribution in [3.63, 3.8) is 0 Å². The van der Waals surface area contributed by atoms with Gasteiger partial charge in [-0.1, -0.05) is 18.3 Å². The Hall–Kier alpha value is -3.07. The fourth-order valence-corrected chi connectivity index (χ4v) is 8.09. The third-order valence-corrected chi connectivity index (χ3v) is 10.1. The molecule has 1 aliphatic rings. The van der Waals surface area contributed by atoms with Crippen molar-refractivity contribution in [3.8, 4) is 5.75 Å². The van der Waals surface area contributed by atoms with Crippen LogP contribution in [0.15, 0.2) is 23.2 Å². The Kier molecular flexibility index (Phi) is 9.44. The molecule has 0 bridgehead atoms. The van der Waals surface area contributed by atoms with Crippen LogP contribution in [0, 0.1) is 5.92 Å². The molecule has 4 rings (SSSR count). The summed E-state index contributed by atoms with van der Waals surface area (Å²) in [6, 6.07) is 5.42. The van der Waals surface area contributed by atoms with E-state index in [1.807, 2.05) is 6.07 Å². The molecule has 11 nitrogen and oxygen atoms in total. The molecule has 0 radical (unpaired) electrons. The topological polar surface area (TPSA) is 142 Å². The molecule has 1 aromatic carbocycles. The minimum absolute atomic E-state index is 0.266. The summed E-state index contributed by atoms with van der Waals surface area (Å²) in [5, 5.41) is 2.83. The number of hydrogen-bond acceptors (Lipinski definition) is 10. The predicted molar refractivity (Wildman–Crippen MR) is 153 cm³/mol.